The Morgan fingerprint density at radius 3 is 2.70 bits per heavy atom. The van der Waals surface area contributed by atoms with Crippen LogP contribution in [0.5, 0.6) is 5.75 Å². The van der Waals surface area contributed by atoms with E-state index >= 15 is 0 Å². The number of methoxy groups -OCH3 is 1. The summed E-state index contributed by atoms with van der Waals surface area (Å²) in [4.78, 5) is 31.1. The predicted molar refractivity (Wildman–Crippen MR) is 121 cm³/mol. The number of benzene rings is 2. The number of halogens is 1. The number of rotatable bonds is 5. The first-order valence-corrected chi connectivity index (χ1v) is 10.4. The Labute approximate surface area is 181 Å². The summed E-state index contributed by atoms with van der Waals surface area (Å²) >= 11 is 7.53. The average Bonchev–Trinajstić information content (AvgIpc) is 3.19. The number of hydrogen-bond donors (Lipinski definition) is 1. The predicted octanol–water partition coefficient (Wildman–Crippen LogP) is 4.99. The average molecular weight is 440 g/mol. The largest absolute Gasteiger partial charge is 0.495 e. The first-order valence-electron chi connectivity index (χ1n) is 9.17. The molecular weight excluding hydrogens is 422 g/mol. The van der Waals surface area contributed by atoms with Gasteiger partial charge in [-0.25, -0.2) is 4.98 Å². The summed E-state index contributed by atoms with van der Waals surface area (Å²) in [5.41, 5.74) is 2.01. The van der Waals surface area contributed by atoms with Gasteiger partial charge in [0.25, 0.3) is 5.56 Å². The third-order valence-electron chi connectivity index (χ3n) is 4.82. The summed E-state index contributed by atoms with van der Waals surface area (Å²) in [5, 5.41) is 5.60. The molecule has 0 aliphatic carbocycles. The highest BCUT2D eigenvalue weighted by molar-refractivity contribution is 7.17. The molecule has 0 spiro atoms. The minimum Gasteiger partial charge on any atom is -0.495 e. The third-order valence-corrected chi connectivity index (χ3v) is 6.00. The quantitative estimate of drug-likeness (QED) is 0.475. The van der Waals surface area contributed by atoms with Crippen LogP contribution >= 0.6 is 22.9 Å². The lowest BCUT2D eigenvalue weighted by Gasteiger charge is -2.15. The minimum atomic E-state index is -0.765. The topological polar surface area (TPSA) is 73.2 Å². The standard InChI is InChI=1S/C22H18ClN3O3S/c1-13(20(27)25-15-8-9-18(29-2)17(23)10-15)26-12-24-21-19(22(26)28)16(11-30-21)14-6-4-3-5-7-14/h3-13H,1-2H3,(H,25,27)/t13-/m0/s1. The number of hydrogen-bond acceptors (Lipinski definition) is 5. The smallest absolute Gasteiger partial charge is 0.263 e. The van der Waals surface area contributed by atoms with Crippen molar-refractivity contribution in [2.24, 2.45) is 0 Å². The Kier molecular flexibility index (Phi) is 5.57. The molecule has 0 fully saturated rings. The van der Waals surface area contributed by atoms with Crippen LogP contribution in [0.2, 0.25) is 5.02 Å². The van der Waals surface area contributed by atoms with Gasteiger partial charge in [-0.05, 0) is 30.7 Å². The molecule has 152 valence electrons. The molecule has 30 heavy (non-hydrogen) atoms. The molecule has 4 rings (SSSR count). The zero-order valence-corrected chi connectivity index (χ0v) is 17.8. The lowest BCUT2D eigenvalue weighted by molar-refractivity contribution is -0.118. The van der Waals surface area contributed by atoms with Crippen molar-refractivity contribution in [3.63, 3.8) is 0 Å². The van der Waals surface area contributed by atoms with Gasteiger partial charge >= 0.3 is 0 Å². The van der Waals surface area contributed by atoms with Crippen molar-refractivity contribution in [2.45, 2.75) is 13.0 Å². The van der Waals surface area contributed by atoms with Crippen LogP contribution in [0.3, 0.4) is 0 Å². The van der Waals surface area contributed by atoms with Crippen LogP contribution in [0.15, 0.2) is 65.0 Å². The molecule has 0 radical (unpaired) electrons. The van der Waals surface area contributed by atoms with Gasteiger partial charge in [-0.2, -0.15) is 0 Å². The molecule has 1 atom stereocenters. The fourth-order valence-corrected chi connectivity index (χ4v) is 4.33. The van der Waals surface area contributed by atoms with Crippen LogP contribution in [-0.2, 0) is 4.79 Å². The summed E-state index contributed by atoms with van der Waals surface area (Å²) in [6, 6.07) is 13.8. The summed E-state index contributed by atoms with van der Waals surface area (Å²) in [5.74, 6) is 0.162. The second kappa shape index (κ2) is 8.30. The van der Waals surface area contributed by atoms with Crippen molar-refractivity contribution in [3.05, 3.63) is 75.6 Å². The van der Waals surface area contributed by atoms with Gasteiger partial charge < -0.3 is 10.1 Å². The van der Waals surface area contributed by atoms with Gasteiger partial charge in [0.15, 0.2) is 0 Å². The number of anilines is 1. The highest BCUT2D eigenvalue weighted by Gasteiger charge is 2.20. The molecule has 0 bridgehead atoms. The number of carbonyl (C=O) groups is 1. The first-order chi connectivity index (χ1) is 14.5. The van der Waals surface area contributed by atoms with Crippen molar-refractivity contribution in [3.8, 4) is 16.9 Å². The summed E-state index contributed by atoms with van der Waals surface area (Å²) in [7, 11) is 1.52. The zero-order valence-electron chi connectivity index (χ0n) is 16.3. The number of amides is 1. The molecular formula is C22H18ClN3O3S. The van der Waals surface area contributed by atoms with Crippen LogP contribution in [0, 0.1) is 0 Å². The zero-order chi connectivity index (χ0) is 21.3. The number of ether oxygens (including phenoxy) is 1. The van der Waals surface area contributed by atoms with Gasteiger partial charge in [-0.3, -0.25) is 14.2 Å². The van der Waals surface area contributed by atoms with E-state index in [-0.39, 0.29) is 11.5 Å². The molecule has 1 amide bonds. The molecule has 0 unspecified atom stereocenters. The highest BCUT2D eigenvalue weighted by Crippen LogP contribution is 2.31. The molecule has 0 aliphatic heterocycles. The molecule has 2 aromatic heterocycles. The van der Waals surface area contributed by atoms with Crippen LogP contribution in [0.4, 0.5) is 5.69 Å². The summed E-state index contributed by atoms with van der Waals surface area (Å²) < 4.78 is 6.47. The molecule has 0 saturated heterocycles. The van der Waals surface area contributed by atoms with E-state index in [1.54, 1.807) is 25.1 Å². The van der Waals surface area contributed by atoms with Crippen molar-refractivity contribution in [1.29, 1.82) is 0 Å². The molecule has 4 aromatic rings. The number of nitrogens with one attached hydrogen (secondary N) is 1. The van der Waals surface area contributed by atoms with Gasteiger partial charge in [0.1, 0.15) is 16.6 Å². The summed E-state index contributed by atoms with van der Waals surface area (Å²) in [6.45, 7) is 1.66. The normalized spacial score (nSPS) is 12.0. The minimum absolute atomic E-state index is 0.254. The number of aromatic nitrogens is 2. The van der Waals surface area contributed by atoms with E-state index in [0.29, 0.717) is 26.7 Å². The van der Waals surface area contributed by atoms with Gasteiger partial charge in [-0.15, -0.1) is 11.3 Å². The van der Waals surface area contributed by atoms with E-state index in [1.165, 1.54) is 29.3 Å². The van der Waals surface area contributed by atoms with E-state index in [2.05, 4.69) is 10.3 Å². The highest BCUT2D eigenvalue weighted by atomic mass is 35.5. The first kappa shape index (κ1) is 20.1. The van der Waals surface area contributed by atoms with Gasteiger partial charge in [0, 0.05) is 16.6 Å². The van der Waals surface area contributed by atoms with Gasteiger partial charge in [0.2, 0.25) is 5.91 Å². The second-order valence-corrected chi connectivity index (χ2v) is 7.93. The van der Waals surface area contributed by atoms with Gasteiger partial charge in [-0.1, -0.05) is 41.9 Å². The van der Waals surface area contributed by atoms with Crippen molar-refractivity contribution in [2.75, 3.05) is 12.4 Å². The summed E-state index contributed by atoms with van der Waals surface area (Å²) in [6.07, 6.45) is 1.42. The number of carbonyl (C=O) groups excluding carboxylic acids is 1. The Morgan fingerprint density at radius 2 is 2.00 bits per heavy atom. The lowest BCUT2D eigenvalue weighted by atomic mass is 10.1. The molecule has 0 aliphatic rings. The van der Waals surface area contributed by atoms with E-state index in [4.69, 9.17) is 16.3 Å². The van der Waals surface area contributed by atoms with E-state index in [1.807, 2.05) is 35.7 Å². The Bertz CT molecular complexity index is 1280. The maximum atomic E-state index is 13.2. The van der Waals surface area contributed by atoms with Crippen LogP contribution < -0.4 is 15.6 Å². The molecule has 6 nitrogen and oxygen atoms in total. The molecule has 0 saturated carbocycles. The molecule has 8 heteroatoms. The SMILES string of the molecule is COc1ccc(NC(=O)[C@H](C)n2cnc3scc(-c4ccccc4)c3c2=O)cc1Cl. The van der Waals surface area contributed by atoms with Crippen LogP contribution in [0.25, 0.3) is 21.3 Å². The molecule has 2 heterocycles. The maximum absolute atomic E-state index is 13.2. The Balaban J connectivity index is 1.67. The molecule has 1 N–H and O–H groups in total. The van der Waals surface area contributed by atoms with Crippen LogP contribution in [-0.4, -0.2) is 22.6 Å². The van der Waals surface area contributed by atoms with E-state index in [0.717, 1.165) is 11.1 Å². The number of fused-ring (bicyclic) bond motifs is 1. The molecule has 2 aromatic carbocycles. The third kappa shape index (κ3) is 3.69. The Morgan fingerprint density at radius 1 is 1.23 bits per heavy atom. The van der Waals surface area contributed by atoms with E-state index < -0.39 is 6.04 Å². The van der Waals surface area contributed by atoms with Crippen LogP contribution in [0.1, 0.15) is 13.0 Å². The van der Waals surface area contributed by atoms with E-state index in [9.17, 15) is 9.59 Å². The van der Waals surface area contributed by atoms with Crippen molar-refractivity contribution in [1.82, 2.24) is 9.55 Å². The second-order valence-electron chi connectivity index (χ2n) is 6.67. The fourth-order valence-electron chi connectivity index (χ4n) is 3.17. The number of thiophene rings is 1. The monoisotopic (exact) mass is 439 g/mol. The fraction of sp³-hybridized carbons (Fsp3) is 0.136. The number of nitrogens with zero attached hydrogens (tertiary/aromatic N) is 2. The lowest BCUT2D eigenvalue weighted by Crippen LogP contribution is -2.31. The van der Waals surface area contributed by atoms with Crippen molar-refractivity contribution < 1.29 is 9.53 Å². The maximum Gasteiger partial charge on any atom is 0.263 e. The van der Waals surface area contributed by atoms with Gasteiger partial charge in [0.05, 0.1) is 23.8 Å². The Hall–Kier alpha value is -3.16. The van der Waals surface area contributed by atoms with Crippen molar-refractivity contribution >= 4 is 44.7 Å².